The molecule has 116 valence electrons. The van der Waals surface area contributed by atoms with Gasteiger partial charge in [-0.1, -0.05) is 6.07 Å². The molecular weight excluding hydrogens is 312 g/mol. The van der Waals surface area contributed by atoms with Crippen molar-refractivity contribution in [3.05, 3.63) is 42.2 Å². The second kappa shape index (κ2) is 5.88. The normalized spacial score (nSPS) is 15.1. The number of carbonyl (C=O) groups is 1. The lowest BCUT2D eigenvalue weighted by molar-refractivity contribution is 0.0746. The quantitative estimate of drug-likeness (QED) is 0.709. The van der Waals surface area contributed by atoms with Crippen molar-refractivity contribution < 1.29 is 4.79 Å². The van der Waals surface area contributed by atoms with Crippen LogP contribution in [0.15, 0.2) is 36.7 Å². The van der Waals surface area contributed by atoms with Gasteiger partial charge < -0.3 is 9.80 Å². The van der Waals surface area contributed by atoms with E-state index in [1.807, 2.05) is 23.1 Å². The predicted molar refractivity (Wildman–Crippen MR) is 87.6 cm³/mol. The summed E-state index contributed by atoms with van der Waals surface area (Å²) in [7, 11) is 0. The van der Waals surface area contributed by atoms with E-state index in [-0.39, 0.29) is 5.91 Å². The second-order valence-electron chi connectivity index (χ2n) is 5.30. The van der Waals surface area contributed by atoms with Gasteiger partial charge in [0.05, 0.1) is 17.3 Å². The number of amides is 1. The van der Waals surface area contributed by atoms with Gasteiger partial charge in [0, 0.05) is 38.6 Å². The van der Waals surface area contributed by atoms with Gasteiger partial charge in [-0.05, 0) is 18.2 Å². The first-order chi connectivity index (χ1) is 11.3. The molecule has 0 bridgehead atoms. The summed E-state index contributed by atoms with van der Waals surface area (Å²) in [6.45, 7) is 2.89. The molecule has 1 fully saturated rings. The SMILES string of the molecule is O=C(c1cnc2nsnc2c1)N1CCN(c2ccccn2)CC1. The van der Waals surface area contributed by atoms with E-state index in [9.17, 15) is 4.79 Å². The van der Waals surface area contributed by atoms with Crippen molar-refractivity contribution in [1.82, 2.24) is 23.6 Å². The first-order valence-corrected chi connectivity index (χ1v) is 8.08. The number of nitrogens with zero attached hydrogens (tertiary/aromatic N) is 6. The van der Waals surface area contributed by atoms with Crippen LogP contribution in [0.2, 0.25) is 0 Å². The summed E-state index contributed by atoms with van der Waals surface area (Å²) in [5.74, 6) is 0.948. The van der Waals surface area contributed by atoms with Crippen LogP contribution in [0.25, 0.3) is 11.2 Å². The Hall–Kier alpha value is -2.61. The topological polar surface area (TPSA) is 75.1 Å². The third kappa shape index (κ3) is 2.72. The zero-order valence-corrected chi connectivity index (χ0v) is 13.1. The molecule has 0 aliphatic carbocycles. The molecule has 7 nitrogen and oxygen atoms in total. The minimum atomic E-state index is -0.00642. The van der Waals surface area contributed by atoms with Crippen LogP contribution in [0, 0.1) is 0 Å². The summed E-state index contributed by atoms with van der Waals surface area (Å²) >= 11 is 1.11. The lowest BCUT2D eigenvalue weighted by atomic mass is 10.2. The molecule has 3 aromatic rings. The highest BCUT2D eigenvalue weighted by Gasteiger charge is 2.23. The molecule has 0 spiro atoms. The van der Waals surface area contributed by atoms with E-state index in [2.05, 4.69) is 23.6 Å². The van der Waals surface area contributed by atoms with Crippen LogP contribution in [0.5, 0.6) is 0 Å². The first kappa shape index (κ1) is 14.0. The lowest BCUT2D eigenvalue weighted by Crippen LogP contribution is -2.49. The molecule has 1 amide bonds. The first-order valence-electron chi connectivity index (χ1n) is 7.35. The molecular formula is C15H14N6OS. The molecule has 0 atom stereocenters. The molecule has 8 heteroatoms. The third-order valence-corrected chi connectivity index (χ3v) is 4.43. The van der Waals surface area contributed by atoms with Gasteiger partial charge in [0.25, 0.3) is 5.91 Å². The van der Waals surface area contributed by atoms with E-state index in [4.69, 9.17) is 0 Å². The molecule has 0 N–H and O–H groups in total. The Balaban J connectivity index is 1.46. The average molecular weight is 326 g/mol. The maximum Gasteiger partial charge on any atom is 0.255 e. The standard InChI is InChI=1S/C15H14N6OS/c22-15(11-9-12-14(17-10-11)19-23-18-12)21-7-5-20(6-8-21)13-3-1-2-4-16-13/h1-4,9-10H,5-8H2. The highest BCUT2D eigenvalue weighted by molar-refractivity contribution is 7.00. The van der Waals surface area contributed by atoms with Crippen LogP contribution in [-0.4, -0.2) is 55.7 Å². The number of hydrogen-bond donors (Lipinski definition) is 0. The van der Waals surface area contributed by atoms with E-state index in [0.29, 0.717) is 29.8 Å². The van der Waals surface area contributed by atoms with E-state index < -0.39 is 0 Å². The van der Waals surface area contributed by atoms with Crippen molar-refractivity contribution in [3.8, 4) is 0 Å². The number of piperazine rings is 1. The highest BCUT2D eigenvalue weighted by Crippen LogP contribution is 2.16. The van der Waals surface area contributed by atoms with Crippen LogP contribution in [-0.2, 0) is 0 Å². The molecule has 3 aromatic heterocycles. The Kier molecular flexibility index (Phi) is 3.58. The maximum atomic E-state index is 12.6. The fourth-order valence-corrected chi connectivity index (χ4v) is 3.15. The Morgan fingerprint density at radius 3 is 2.74 bits per heavy atom. The predicted octanol–water partition coefficient (Wildman–Crippen LogP) is 1.44. The summed E-state index contributed by atoms with van der Waals surface area (Å²) in [4.78, 5) is 25.2. The monoisotopic (exact) mass is 326 g/mol. The molecule has 0 unspecified atom stereocenters. The zero-order chi connectivity index (χ0) is 15.6. The number of hydrogen-bond acceptors (Lipinski definition) is 7. The third-order valence-electron chi connectivity index (χ3n) is 3.90. The summed E-state index contributed by atoms with van der Waals surface area (Å²) in [6.07, 6.45) is 3.37. The van der Waals surface area contributed by atoms with Crippen LogP contribution >= 0.6 is 11.7 Å². The van der Waals surface area contributed by atoms with Crippen LogP contribution in [0.4, 0.5) is 5.82 Å². The van der Waals surface area contributed by atoms with Crippen LogP contribution in [0.3, 0.4) is 0 Å². The number of fused-ring (bicyclic) bond motifs is 1. The van der Waals surface area contributed by atoms with Gasteiger partial charge in [-0.15, -0.1) is 0 Å². The molecule has 1 aliphatic heterocycles. The Morgan fingerprint density at radius 1 is 1.09 bits per heavy atom. The van der Waals surface area contributed by atoms with Crippen molar-refractivity contribution in [1.29, 1.82) is 0 Å². The molecule has 23 heavy (non-hydrogen) atoms. The highest BCUT2D eigenvalue weighted by atomic mass is 32.1. The Bertz CT molecular complexity index is 828. The zero-order valence-electron chi connectivity index (χ0n) is 12.3. The van der Waals surface area contributed by atoms with E-state index in [1.54, 1.807) is 18.5 Å². The van der Waals surface area contributed by atoms with Crippen molar-refractivity contribution in [3.63, 3.8) is 0 Å². The number of carbonyl (C=O) groups excluding carboxylic acids is 1. The van der Waals surface area contributed by atoms with Crippen LogP contribution < -0.4 is 4.90 Å². The summed E-state index contributed by atoms with van der Waals surface area (Å²) in [5.41, 5.74) is 1.83. The Morgan fingerprint density at radius 2 is 1.96 bits per heavy atom. The van der Waals surface area contributed by atoms with Gasteiger partial charge in [-0.25, -0.2) is 9.97 Å². The van der Waals surface area contributed by atoms with E-state index in [0.717, 1.165) is 30.6 Å². The smallest absolute Gasteiger partial charge is 0.255 e. The number of aromatic nitrogens is 4. The molecule has 0 saturated carbocycles. The summed E-state index contributed by atoms with van der Waals surface area (Å²) in [5, 5.41) is 0. The minimum Gasteiger partial charge on any atom is -0.353 e. The van der Waals surface area contributed by atoms with Crippen molar-refractivity contribution in [2.24, 2.45) is 0 Å². The van der Waals surface area contributed by atoms with E-state index in [1.165, 1.54) is 0 Å². The van der Waals surface area contributed by atoms with Gasteiger partial charge in [-0.2, -0.15) is 8.75 Å². The number of pyridine rings is 2. The largest absolute Gasteiger partial charge is 0.353 e. The maximum absolute atomic E-state index is 12.6. The van der Waals surface area contributed by atoms with Gasteiger partial charge in [0.15, 0.2) is 5.65 Å². The molecule has 0 aromatic carbocycles. The molecule has 4 rings (SSSR count). The molecule has 0 radical (unpaired) electrons. The van der Waals surface area contributed by atoms with Gasteiger partial charge in [0.2, 0.25) is 0 Å². The minimum absolute atomic E-state index is 0.00642. The van der Waals surface area contributed by atoms with E-state index >= 15 is 0 Å². The fraction of sp³-hybridized carbons (Fsp3) is 0.267. The Labute approximate surface area is 136 Å². The summed E-state index contributed by atoms with van der Waals surface area (Å²) in [6, 6.07) is 7.63. The number of rotatable bonds is 2. The summed E-state index contributed by atoms with van der Waals surface area (Å²) < 4.78 is 8.20. The molecule has 1 saturated heterocycles. The average Bonchev–Trinajstić information content (AvgIpc) is 3.10. The van der Waals surface area contributed by atoms with Crippen molar-refractivity contribution >= 4 is 34.6 Å². The molecule has 4 heterocycles. The second-order valence-corrected chi connectivity index (χ2v) is 5.83. The van der Waals surface area contributed by atoms with Gasteiger partial charge >= 0.3 is 0 Å². The van der Waals surface area contributed by atoms with Gasteiger partial charge in [0.1, 0.15) is 11.3 Å². The van der Waals surface area contributed by atoms with Gasteiger partial charge in [-0.3, -0.25) is 4.79 Å². The van der Waals surface area contributed by atoms with Crippen molar-refractivity contribution in [2.75, 3.05) is 31.1 Å². The lowest BCUT2D eigenvalue weighted by Gasteiger charge is -2.35. The van der Waals surface area contributed by atoms with Crippen LogP contribution in [0.1, 0.15) is 10.4 Å². The number of anilines is 1. The molecule has 1 aliphatic rings. The fourth-order valence-electron chi connectivity index (χ4n) is 2.67. The van der Waals surface area contributed by atoms with Crippen molar-refractivity contribution in [2.45, 2.75) is 0 Å².